The van der Waals surface area contributed by atoms with Gasteiger partial charge < -0.3 is 9.88 Å². The Kier molecular flexibility index (Phi) is 4.77. The molecule has 0 aliphatic heterocycles. The molecule has 0 unspecified atom stereocenters. The van der Waals surface area contributed by atoms with E-state index in [0.717, 1.165) is 54.9 Å². The predicted octanol–water partition coefficient (Wildman–Crippen LogP) is 4.77. The second-order valence-corrected chi connectivity index (χ2v) is 8.42. The second kappa shape index (κ2) is 7.59. The van der Waals surface area contributed by atoms with Crippen molar-refractivity contribution in [2.75, 3.05) is 5.32 Å². The fourth-order valence-electron chi connectivity index (χ4n) is 4.74. The number of anilines is 1. The van der Waals surface area contributed by atoms with E-state index in [1.165, 1.54) is 16.8 Å². The molecular weight excluding hydrogens is 372 g/mol. The van der Waals surface area contributed by atoms with Gasteiger partial charge in [-0.2, -0.15) is 0 Å². The van der Waals surface area contributed by atoms with Crippen LogP contribution in [0, 0.1) is 13.8 Å². The molecule has 1 aliphatic carbocycles. The van der Waals surface area contributed by atoms with Gasteiger partial charge >= 0.3 is 0 Å². The zero-order valence-electron chi connectivity index (χ0n) is 17.7. The summed E-state index contributed by atoms with van der Waals surface area (Å²) in [5.74, 6) is 0.912. The van der Waals surface area contributed by atoms with Crippen LogP contribution in [0.1, 0.15) is 42.8 Å². The quantitative estimate of drug-likeness (QED) is 0.491. The summed E-state index contributed by atoms with van der Waals surface area (Å²) in [5, 5.41) is 12.7. The molecule has 0 atom stereocenters. The Balaban J connectivity index is 1.58. The molecule has 154 valence electrons. The Labute approximate surface area is 176 Å². The topological polar surface area (TPSA) is 59.5 Å². The Morgan fingerprint density at radius 3 is 2.53 bits per heavy atom. The molecule has 30 heavy (non-hydrogen) atoms. The minimum Gasteiger partial charge on any atom is -0.379 e. The maximum Gasteiger partial charge on any atom is 0.184 e. The molecule has 6 nitrogen and oxygen atoms in total. The van der Waals surface area contributed by atoms with E-state index in [9.17, 15) is 0 Å². The molecule has 0 radical (unpaired) electrons. The summed E-state index contributed by atoms with van der Waals surface area (Å²) in [5.41, 5.74) is 6.86. The molecule has 6 heteroatoms. The maximum atomic E-state index is 4.50. The van der Waals surface area contributed by atoms with Crippen LogP contribution in [0.2, 0.25) is 0 Å². The Bertz CT molecular complexity index is 1200. The maximum absolute atomic E-state index is 4.50. The van der Waals surface area contributed by atoms with Crippen LogP contribution in [0.15, 0.2) is 47.5 Å². The van der Waals surface area contributed by atoms with Crippen molar-refractivity contribution in [3.63, 3.8) is 0 Å². The number of nitrogens with one attached hydrogen (secondary N) is 1. The fourth-order valence-corrected chi connectivity index (χ4v) is 4.74. The standard InChI is InChI=1S/C24H28N6/c1-16-13-23-22(29(16)15-18-7-5-4-6-8-18)14-21(24-28-27-17(2)30(23)24)26-20-11-9-19(25-3)10-12-20/h4-8,13-14,19-20,26H,3,9-12,15H2,1-2H3. The van der Waals surface area contributed by atoms with E-state index >= 15 is 0 Å². The SMILES string of the molecule is C=NC1CCC(Nc2cc3c(cc(C)n3Cc3ccccc3)n3c(C)nnc23)CC1. The van der Waals surface area contributed by atoms with Gasteiger partial charge in [0, 0.05) is 24.3 Å². The molecule has 1 aliphatic rings. The van der Waals surface area contributed by atoms with Crippen LogP contribution in [0.25, 0.3) is 16.7 Å². The monoisotopic (exact) mass is 400 g/mol. The summed E-state index contributed by atoms with van der Waals surface area (Å²) < 4.78 is 4.57. The third-order valence-corrected chi connectivity index (χ3v) is 6.41. The van der Waals surface area contributed by atoms with Crippen LogP contribution in [0.5, 0.6) is 0 Å². The van der Waals surface area contributed by atoms with Gasteiger partial charge in [0.2, 0.25) is 0 Å². The van der Waals surface area contributed by atoms with Gasteiger partial charge in [0.1, 0.15) is 5.82 Å². The fraction of sp³-hybridized carbons (Fsp3) is 0.375. The van der Waals surface area contributed by atoms with Crippen LogP contribution < -0.4 is 5.32 Å². The van der Waals surface area contributed by atoms with Crippen LogP contribution in [0.3, 0.4) is 0 Å². The van der Waals surface area contributed by atoms with Crippen LogP contribution in [0.4, 0.5) is 5.69 Å². The number of nitrogens with zero attached hydrogens (tertiary/aromatic N) is 5. The first kappa shape index (κ1) is 18.9. The molecule has 0 spiro atoms. The molecule has 3 heterocycles. The molecule has 0 saturated heterocycles. The van der Waals surface area contributed by atoms with E-state index in [2.05, 4.69) is 85.6 Å². The number of aromatic nitrogens is 4. The van der Waals surface area contributed by atoms with E-state index < -0.39 is 0 Å². The highest BCUT2D eigenvalue weighted by atomic mass is 15.3. The smallest absolute Gasteiger partial charge is 0.184 e. The Morgan fingerprint density at radius 2 is 1.80 bits per heavy atom. The molecule has 1 fully saturated rings. The lowest BCUT2D eigenvalue weighted by Crippen LogP contribution is -2.27. The Morgan fingerprint density at radius 1 is 1.03 bits per heavy atom. The van der Waals surface area contributed by atoms with E-state index in [-0.39, 0.29) is 0 Å². The van der Waals surface area contributed by atoms with E-state index in [1.54, 1.807) is 0 Å². The molecule has 0 amide bonds. The highest BCUT2D eigenvalue weighted by Crippen LogP contribution is 2.31. The number of hydrogen-bond donors (Lipinski definition) is 1. The Hall–Kier alpha value is -3.15. The van der Waals surface area contributed by atoms with Crippen molar-refractivity contribution in [1.82, 2.24) is 19.2 Å². The number of benzene rings is 1. The molecule has 5 rings (SSSR count). The first-order chi connectivity index (χ1) is 14.6. The number of aryl methyl sites for hydroxylation is 2. The van der Waals surface area contributed by atoms with Crippen molar-refractivity contribution in [2.45, 2.75) is 58.2 Å². The first-order valence-electron chi connectivity index (χ1n) is 10.7. The molecule has 3 aromatic heterocycles. The normalized spacial score (nSPS) is 19.4. The minimum atomic E-state index is 0.409. The lowest BCUT2D eigenvalue weighted by atomic mass is 9.91. The highest BCUT2D eigenvalue weighted by molar-refractivity contribution is 5.88. The largest absolute Gasteiger partial charge is 0.379 e. The van der Waals surface area contributed by atoms with Gasteiger partial charge in [-0.25, -0.2) is 0 Å². The average Bonchev–Trinajstić information content (AvgIpc) is 3.30. The molecular formula is C24H28N6. The minimum absolute atomic E-state index is 0.409. The lowest BCUT2D eigenvalue weighted by molar-refractivity contribution is 0.414. The zero-order valence-corrected chi connectivity index (χ0v) is 17.7. The number of hydrogen-bond acceptors (Lipinski definition) is 4. The summed E-state index contributed by atoms with van der Waals surface area (Å²) in [6.45, 7) is 8.76. The predicted molar refractivity (Wildman–Crippen MR) is 123 cm³/mol. The van der Waals surface area contributed by atoms with Crippen molar-refractivity contribution in [2.24, 2.45) is 4.99 Å². The van der Waals surface area contributed by atoms with E-state index in [0.29, 0.717) is 12.1 Å². The third-order valence-electron chi connectivity index (χ3n) is 6.41. The number of pyridine rings is 1. The van der Waals surface area contributed by atoms with Crippen LogP contribution in [-0.4, -0.2) is 38.0 Å². The van der Waals surface area contributed by atoms with Gasteiger partial charge in [-0.3, -0.25) is 9.39 Å². The van der Waals surface area contributed by atoms with E-state index in [1.807, 2.05) is 6.92 Å². The number of aliphatic imine (C=N–C) groups is 1. The van der Waals surface area contributed by atoms with Crippen LogP contribution in [-0.2, 0) is 6.54 Å². The van der Waals surface area contributed by atoms with Gasteiger partial charge in [0.05, 0.1) is 16.7 Å². The van der Waals surface area contributed by atoms with Crippen molar-refractivity contribution < 1.29 is 0 Å². The summed E-state index contributed by atoms with van der Waals surface area (Å²) in [6, 6.07) is 16.0. The summed E-state index contributed by atoms with van der Waals surface area (Å²) in [4.78, 5) is 4.23. The van der Waals surface area contributed by atoms with Crippen molar-refractivity contribution in [3.8, 4) is 0 Å². The highest BCUT2D eigenvalue weighted by Gasteiger charge is 2.22. The molecule has 4 aromatic rings. The van der Waals surface area contributed by atoms with Gasteiger partial charge in [-0.15, -0.1) is 10.2 Å². The van der Waals surface area contributed by atoms with Gasteiger partial charge in [-0.1, -0.05) is 30.3 Å². The summed E-state index contributed by atoms with van der Waals surface area (Å²) >= 11 is 0. The first-order valence-corrected chi connectivity index (χ1v) is 10.7. The number of rotatable bonds is 5. The van der Waals surface area contributed by atoms with Crippen molar-refractivity contribution >= 4 is 29.1 Å². The average molecular weight is 401 g/mol. The second-order valence-electron chi connectivity index (χ2n) is 8.42. The van der Waals surface area contributed by atoms with Gasteiger partial charge in [0.15, 0.2) is 5.65 Å². The van der Waals surface area contributed by atoms with E-state index in [4.69, 9.17) is 0 Å². The molecule has 1 N–H and O–H groups in total. The molecule has 1 saturated carbocycles. The zero-order chi connectivity index (χ0) is 20.7. The van der Waals surface area contributed by atoms with Gasteiger partial charge in [-0.05, 0) is 63.9 Å². The van der Waals surface area contributed by atoms with Crippen LogP contribution >= 0.6 is 0 Å². The van der Waals surface area contributed by atoms with Crippen molar-refractivity contribution in [3.05, 3.63) is 59.5 Å². The summed E-state index contributed by atoms with van der Waals surface area (Å²) in [7, 11) is 0. The number of fused-ring (bicyclic) bond motifs is 3. The molecule has 0 bridgehead atoms. The molecule has 1 aromatic carbocycles. The summed E-state index contributed by atoms with van der Waals surface area (Å²) in [6.07, 6.45) is 4.39. The van der Waals surface area contributed by atoms with Crippen molar-refractivity contribution in [1.29, 1.82) is 0 Å². The van der Waals surface area contributed by atoms with Gasteiger partial charge in [0.25, 0.3) is 0 Å². The lowest BCUT2D eigenvalue weighted by Gasteiger charge is -2.27. The third kappa shape index (κ3) is 3.26.